The zero-order valence-electron chi connectivity index (χ0n) is 18.8. The first-order valence-corrected chi connectivity index (χ1v) is 10.8. The average Bonchev–Trinajstić information content (AvgIpc) is 2.67. The Morgan fingerprint density at radius 1 is 1.03 bits per heavy atom. The second kappa shape index (κ2) is 8.73. The van der Waals surface area contributed by atoms with Crippen molar-refractivity contribution in [2.45, 2.75) is 60.3 Å². The van der Waals surface area contributed by atoms with Crippen LogP contribution >= 0.6 is 0 Å². The maximum atomic E-state index is 14.8. The first-order chi connectivity index (χ1) is 13.7. The average molecular weight is 395 g/mol. The fourth-order valence-electron chi connectivity index (χ4n) is 4.39. The highest BCUT2D eigenvalue weighted by Gasteiger charge is 2.27. The van der Waals surface area contributed by atoms with Crippen molar-refractivity contribution >= 4 is 5.57 Å². The van der Waals surface area contributed by atoms with E-state index in [-0.39, 0.29) is 5.82 Å². The smallest absolute Gasteiger partial charge is 0.131 e. The number of hydrogen-bond acceptors (Lipinski definition) is 1. The zero-order chi connectivity index (χ0) is 21.2. The Labute approximate surface area is 176 Å². The maximum Gasteiger partial charge on any atom is 0.131 e. The second-order valence-corrected chi connectivity index (χ2v) is 9.89. The van der Waals surface area contributed by atoms with Crippen LogP contribution in [0.25, 0.3) is 16.7 Å². The Balaban J connectivity index is 2.07. The van der Waals surface area contributed by atoms with E-state index in [2.05, 4.69) is 58.9 Å². The van der Waals surface area contributed by atoms with Gasteiger partial charge in [0.05, 0.1) is 7.11 Å². The van der Waals surface area contributed by atoms with E-state index in [0.717, 1.165) is 24.8 Å². The lowest BCUT2D eigenvalue weighted by atomic mass is 9.72. The van der Waals surface area contributed by atoms with E-state index in [1.54, 1.807) is 13.2 Å². The van der Waals surface area contributed by atoms with Crippen molar-refractivity contribution in [2.75, 3.05) is 7.11 Å². The van der Waals surface area contributed by atoms with E-state index in [1.807, 2.05) is 6.07 Å². The van der Waals surface area contributed by atoms with Gasteiger partial charge in [0.25, 0.3) is 0 Å². The molecule has 1 aliphatic carbocycles. The molecule has 2 heteroatoms. The van der Waals surface area contributed by atoms with E-state index in [1.165, 1.54) is 29.2 Å². The van der Waals surface area contributed by atoms with Gasteiger partial charge in [-0.1, -0.05) is 58.9 Å². The third-order valence-corrected chi connectivity index (χ3v) is 6.17. The van der Waals surface area contributed by atoms with Gasteiger partial charge in [-0.15, -0.1) is 0 Å². The zero-order valence-corrected chi connectivity index (χ0v) is 18.8. The molecule has 0 amide bonds. The highest BCUT2D eigenvalue weighted by Crippen LogP contribution is 2.42. The predicted molar refractivity (Wildman–Crippen MR) is 122 cm³/mol. The Bertz CT molecular complexity index is 886. The second-order valence-electron chi connectivity index (χ2n) is 9.89. The van der Waals surface area contributed by atoms with E-state index in [9.17, 15) is 4.39 Å². The minimum absolute atomic E-state index is 0.201. The largest absolute Gasteiger partial charge is 0.497 e. The van der Waals surface area contributed by atoms with E-state index in [4.69, 9.17) is 4.74 Å². The summed E-state index contributed by atoms with van der Waals surface area (Å²) < 4.78 is 20.2. The Morgan fingerprint density at radius 2 is 1.79 bits per heavy atom. The van der Waals surface area contributed by atoms with E-state index >= 15 is 0 Å². The van der Waals surface area contributed by atoms with Gasteiger partial charge in [0, 0.05) is 5.56 Å². The molecule has 0 aromatic heterocycles. The van der Waals surface area contributed by atoms with Crippen LogP contribution < -0.4 is 4.74 Å². The SMILES string of the molecule is COc1ccc(F)c(-c2ccc(CC(C)C)cc2C2=CCC(C(C)(C)C)CC2)c1. The molecule has 3 rings (SSSR count). The van der Waals surface area contributed by atoms with Gasteiger partial charge in [0.2, 0.25) is 0 Å². The van der Waals surface area contributed by atoms with Gasteiger partial charge in [-0.25, -0.2) is 4.39 Å². The lowest BCUT2D eigenvalue weighted by molar-refractivity contribution is 0.225. The van der Waals surface area contributed by atoms with E-state index < -0.39 is 0 Å². The Hall–Kier alpha value is -2.09. The number of methoxy groups -OCH3 is 1. The van der Waals surface area contributed by atoms with Gasteiger partial charge in [-0.05, 0) is 83.4 Å². The summed E-state index contributed by atoms with van der Waals surface area (Å²) in [6, 6.07) is 11.5. The Kier molecular flexibility index (Phi) is 6.51. The number of benzene rings is 2. The molecule has 0 radical (unpaired) electrons. The molecule has 1 nitrogen and oxygen atoms in total. The van der Waals surface area contributed by atoms with Crippen LogP contribution in [0.15, 0.2) is 42.5 Å². The summed E-state index contributed by atoms with van der Waals surface area (Å²) in [4.78, 5) is 0. The summed E-state index contributed by atoms with van der Waals surface area (Å²) in [5.74, 6) is 1.77. The Morgan fingerprint density at radius 3 is 2.38 bits per heavy atom. The molecule has 156 valence electrons. The van der Waals surface area contributed by atoms with Crippen LogP contribution in [0.4, 0.5) is 4.39 Å². The molecule has 0 fully saturated rings. The molecule has 1 atom stereocenters. The molecule has 0 spiro atoms. The van der Waals surface area contributed by atoms with Crippen molar-refractivity contribution in [1.29, 1.82) is 0 Å². The monoisotopic (exact) mass is 394 g/mol. The summed E-state index contributed by atoms with van der Waals surface area (Å²) in [6.45, 7) is 11.5. The maximum absolute atomic E-state index is 14.8. The van der Waals surface area contributed by atoms with Crippen LogP contribution in [0, 0.1) is 23.1 Å². The topological polar surface area (TPSA) is 9.23 Å². The van der Waals surface area contributed by atoms with E-state index in [0.29, 0.717) is 28.6 Å². The number of halogens is 1. The fraction of sp³-hybridized carbons (Fsp3) is 0.481. The minimum atomic E-state index is -0.201. The first kappa shape index (κ1) is 21.6. The summed E-state index contributed by atoms with van der Waals surface area (Å²) in [6.07, 6.45) is 6.75. The standard InChI is InChI=1S/C27H35FO/c1-18(2)15-19-7-13-23(25-17-22(29-6)12-14-26(25)28)24(16-19)20-8-10-21(11-9-20)27(3,4)5/h7-8,12-14,16-18,21H,9-11,15H2,1-6H3. The molecule has 2 aromatic carbocycles. The number of allylic oxidation sites excluding steroid dienone is 2. The molecular weight excluding hydrogens is 359 g/mol. The van der Waals surface area contributed by atoms with Crippen LogP contribution in [0.5, 0.6) is 5.75 Å². The normalized spacial score (nSPS) is 17.4. The molecule has 0 saturated carbocycles. The molecule has 0 N–H and O–H groups in total. The summed E-state index contributed by atoms with van der Waals surface area (Å²) in [7, 11) is 1.62. The summed E-state index contributed by atoms with van der Waals surface area (Å²) in [5.41, 5.74) is 5.77. The summed E-state index contributed by atoms with van der Waals surface area (Å²) in [5, 5.41) is 0. The third-order valence-electron chi connectivity index (χ3n) is 6.17. The van der Waals surface area contributed by atoms with Crippen molar-refractivity contribution < 1.29 is 9.13 Å². The number of rotatable bonds is 5. The molecule has 2 aromatic rings. The molecule has 29 heavy (non-hydrogen) atoms. The molecule has 0 saturated heterocycles. The van der Waals surface area contributed by atoms with Gasteiger partial charge in [0.1, 0.15) is 11.6 Å². The molecule has 0 aliphatic heterocycles. The van der Waals surface area contributed by atoms with Crippen LogP contribution in [0.1, 0.15) is 65.0 Å². The number of ether oxygens (including phenoxy) is 1. The molecule has 0 heterocycles. The molecule has 0 bridgehead atoms. The summed E-state index contributed by atoms with van der Waals surface area (Å²) >= 11 is 0. The van der Waals surface area contributed by atoms with Crippen molar-refractivity contribution in [3.05, 3.63) is 59.4 Å². The van der Waals surface area contributed by atoms with Crippen LogP contribution in [0.3, 0.4) is 0 Å². The lowest BCUT2D eigenvalue weighted by Gasteiger charge is -2.33. The highest BCUT2D eigenvalue weighted by atomic mass is 19.1. The van der Waals surface area contributed by atoms with Gasteiger partial charge in [-0.3, -0.25) is 0 Å². The quantitative estimate of drug-likeness (QED) is 0.500. The van der Waals surface area contributed by atoms with Gasteiger partial charge in [-0.2, -0.15) is 0 Å². The lowest BCUT2D eigenvalue weighted by Crippen LogP contribution is -2.22. The minimum Gasteiger partial charge on any atom is -0.497 e. The molecule has 1 unspecified atom stereocenters. The van der Waals surface area contributed by atoms with Gasteiger partial charge >= 0.3 is 0 Å². The molecular formula is C27H35FO. The highest BCUT2D eigenvalue weighted by molar-refractivity contribution is 5.83. The van der Waals surface area contributed by atoms with Gasteiger partial charge in [0.15, 0.2) is 0 Å². The van der Waals surface area contributed by atoms with Crippen molar-refractivity contribution in [1.82, 2.24) is 0 Å². The van der Waals surface area contributed by atoms with Crippen molar-refractivity contribution in [2.24, 2.45) is 17.3 Å². The third kappa shape index (κ3) is 5.10. The van der Waals surface area contributed by atoms with Gasteiger partial charge < -0.3 is 4.74 Å². The van der Waals surface area contributed by atoms with Crippen LogP contribution in [0.2, 0.25) is 0 Å². The van der Waals surface area contributed by atoms with Crippen molar-refractivity contribution in [3.63, 3.8) is 0 Å². The number of hydrogen-bond donors (Lipinski definition) is 0. The van der Waals surface area contributed by atoms with Crippen LogP contribution in [-0.4, -0.2) is 7.11 Å². The fourth-order valence-corrected chi connectivity index (χ4v) is 4.39. The van der Waals surface area contributed by atoms with Crippen molar-refractivity contribution in [3.8, 4) is 16.9 Å². The predicted octanol–water partition coefficient (Wildman–Crippen LogP) is 7.93. The first-order valence-electron chi connectivity index (χ1n) is 10.8. The van der Waals surface area contributed by atoms with Crippen LogP contribution in [-0.2, 0) is 6.42 Å². The molecule has 1 aliphatic rings.